The van der Waals surface area contributed by atoms with Crippen LogP contribution in [0.3, 0.4) is 0 Å². The first-order valence-electron chi connectivity index (χ1n) is 10.4. The van der Waals surface area contributed by atoms with E-state index in [1.807, 2.05) is 30.3 Å². The van der Waals surface area contributed by atoms with Crippen LogP contribution in [0.25, 0.3) is 11.1 Å². The molecule has 0 spiro atoms. The van der Waals surface area contributed by atoms with E-state index in [1.54, 1.807) is 12.1 Å². The van der Waals surface area contributed by atoms with Gasteiger partial charge in [0.25, 0.3) is 0 Å². The molecule has 3 nitrogen and oxygen atoms in total. The number of hydrogen-bond donors (Lipinski definition) is 2. The van der Waals surface area contributed by atoms with Crippen LogP contribution in [0.4, 0.5) is 14.5 Å². The molecule has 30 heavy (non-hydrogen) atoms. The van der Waals surface area contributed by atoms with Crippen molar-refractivity contribution in [3.05, 3.63) is 89.5 Å². The number of anilines is 1. The summed E-state index contributed by atoms with van der Waals surface area (Å²) in [6.45, 7) is 1.72. The van der Waals surface area contributed by atoms with Crippen molar-refractivity contribution in [2.24, 2.45) is 5.92 Å². The summed E-state index contributed by atoms with van der Waals surface area (Å²) in [4.78, 5) is 2.41. The standard InChI is InChI=1S/C25H24F2N2O/c26-19-7-4-16(5-8-19)14-29-11-10-21-24(15-30)28-23-9-6-18(13-22(23)25(21)29)17-2-1-3-20(27)12-17/h1-9,12-13,21,24-25,28,30H,10-11,14-15H2/t21-,24-,25-/m0/s1. The van der Waals surface area contributed by atoms with Crippen molar-refractivity contribution in [3.63, 3.8) is 0 Å². The Morgan fingerprint density at radius 1 is 0.933 bits per heavy atom. The summed E-state index contributed by atoms with van der Waals surface area (Å²) >= 11 is 0. The van der Waals surface area contributed by atoms with Crippen molar-refractivity contribution in [3.8, 4) is 11.1 Å². The third-order valence-electron chi connectivity index (χ3n) is 6.43. The molecular formula is C25H24F2N2O. The van der Waals surface area contributed by atoms with Crippen LogP contribution in [0.15, 0.2) is 66.7 Å². The number of hydrogen-bond acceptors (Lipinski definition) is 3. The lowest BCUT2D eigenvalue weighted by molar-refractivity contribution is 0.172. The summed E-state index contributed by atoms with van der Waals surface area (Å²) in [6.07, 6.45) is 0.980. The fourth-order valence-electron chi connectivity index (χ4n) is 5.01. The third kappa shape index (κ3) is 3.48. The molecular weight excluding hydrogens is 382 g/mol. The molecule has 3 aromatic rings. The molecule has 0 aliphatic carbocycles. The second-order valence-corrected chi connectivity index (χ2v) is 8.24. The van der Waals surface area contributed by atoms with Gasteiger partial charge in [0.1, 0.15) is 11.6 Å². The minimum Gasteiger partial charge on any atom is -0.394 e. The molecule has 3 atom stereocenters. The lowest BCUT2D eigenvalue weighted by Gasteiger charge is -2.39. The van der Waals surface area contributed by atoms with Gasteiger partial charge in [0, 0.05) is 24.2 Å². The molecule has 2 aliphatic heterocycles. The van der Waals surface area contributed by atoms with E-state index in [9.17, 15) is 13.9 Å². The minimum absolute atomic E-state index is 0.000683. The minimum atomic E-state index is -0.250. The van der Waals surface area contributed by atoms with Crippen molar-refractivity contribution in [2.45, 2.75) is 25.0 Å². The van der Waals surface area contributed by atoms with Crippen LogP contribution in [-0.2, 0) is 6.54 Å². The van der Waals surface area contributed by atoms with Gasteiger partial charge in [0.05, 0.1) is 12.6 Å². The topological polar surface area (TPSA) is 35.5 Å². The molecule has 0 aromatic heterocycles. The number of nitrogens with one attached hydrogen (secondary N) is 1. The van der Waals surface area contributed by atoms with E-state index < -0.39 is 0 Å². The van der Waals surface area contributed by atoms with E-state index in [4.69, 9.17) is 0 Å². The van der Waals surface area contributed by atoms with Crippen LogP contribution in [0.2, 0.25) is 0 Å². The fourth-order valence-corrected chi connectivity index (χ4v) is 5.01. The van der Waals surface area contributed by atoms with E-state index in [2.05, 4.69) is 16.3 Å². The average Bonchev–Trinajstić information content (AvgIpc) is 3.18. The van der Waals surface area contributed by atoms with Crippen molar-refractivity contribution >= 4 is 5.69 Å². The maximum atomic E-state index is 13.8. The van der Waals surface area contributed by atoms with Crippen molar-refractivity contribution in [2.75, 3.05) is 18.5 Å². The smallest absolute Gasteiger partial charge is 0.123 e. The van der Waals surface area contributed by atoms with Crippen molar-refractivity contribution < 1.29 is 13.9 Å². The van der Waals surface area contributed by atoms with E-state index in [-0.39, 0.29) is 36.2 Å². The molecule has 0 bridgehead atoms. The Labute approximate surface area is 175 Å². The number of fused-ring (bicyclic) bond motifs is 3. The highest BCUT2D eigenvalue weighted by Gasteiger charge is 2.43. The maximum absolute atomic E-state index is 13.8. The molecule has 0 radical (unpaired) electrons. The van der Waals surface area contributed by atoms with Gasteiger partial charge >= 0.3 is 0 Å². The Hall–Kier alpha value is -2.76. The first-order valence-corrected chi connectivity index (χ1v) is 10.4. The predicted octanol–water partition coefficient (Wildman–Crippen LogP) is 4.98. The Kier molecular flexibility index (Phi) is 5.01. The van der Waals surface area contributed by atoms with Gasteiger partial charge in [-0.2, -0.15) is 0 Å². The Morgan fingerprint density at radius 2 is 1.73 bits per heavy atom. The molecule has 2 aliphatic rings. The van der Waals surface area contributed by atoms with Gasteiger partial charge < -0.3 is 10.4 Å². The number of likely N-dealkylation sites (tertiary alicyclic amines) is 1. The number of nitrogens with zero attached hydrogens (tertiary/aromatic N) is 1. The molecule has 0 amide bonds. The summed E-state index contributed by atoms with van der Waals surface area (Å²) in [5.41, 5.74) is 5.08. The van der Waals surface area contributed by atoms with E-state index in [1.165, 1.54) is 23.8 Å². The van der Waals surface area contributed by atoms with Crippen LogP contribution >= 0.6 is 0 Å². The summed E-state index contributed by atoms with van der Waals surface area (Å²) in [5.74, 6) is -0.198. The van der Waals surface area contributed by atoms with Crippen molar-refractivity contribution in [1.29, 1.82) is 0 Å². The lowest BCUT2D eigenvalue weighted by Crippen LogP contribution is -2.41. The quantitative estimate of drug-likeness (QED) is 0.641. The highest BCUT2D eigenvalue weighted by atomic mass is 19.1. The highest BCUT2D eigenvalue weighted by molar-refractivity contribution is 5.70. The molecule has 2 heterocycles. The van der Waals surface area contributed by atoms with E-state index in [0.29, 0.717) is 0 Å². The van der Waals surface area contributed by atoms with Crippen LogP contribution in [0.1, 0.15) is 23.6 Å². The molecule has 1 saturated heterocycles. The van der Waals surface area contributed by atoms with Crippen molar-refractivity contribution in [1.82, 2.24) is 4.90 Å². The van der Waals surface area contributed by atoms with Gasteiger partial charge in [-0.05, 0) is 71.6 Å². The number of aliphatic hydroxyl groups excluding tert-OH is 1. The first kappa shape index (κ1) is 19.2. The lowest BCUT2D eigenvalue weighted by atomic mass is 9.82. The van der Waals surface area contributed by atoms with E-state index >= 15 is 0 Å². The third-order valence-corrected chi connectivity index (χ3v) is 6.43. The van der Waals surface area contributed by atoms with Gasteiger partial charge in [-0.15, -0.1) is 0 Å². The van der Waals surface area contributed by atoms with Gasteiger partial charge in [-0.25, -0.2) is 8.78 Å². The van der Waals surface area contributed by atoms with E-state index in [0.717, 1.165) is 41.9 Å². The normalized spacial score (nSPS) is 23.0. The molecule has 154 valence electrons. The van der Waals surface area contributed by atoms with Gasteiger partial charge in [-0.3, -0.25) is 4.90 Å². The molecule has 5 rings (SSSR count). The zero-order valence-electron chi connectivity index (χ0n) is 16.6. The van der Waals surface area contributed by atoms with Gasteiger partial charge in [0.2, 0.25) is 0 Å². The molecule has 5 heteroatoms. The zero-order valence-corrected chi connectivity index (χ0v) is 16.6. The summed E-state index contributed by atoms with van der Waals surface area (Å²) in [5, 5.41) is 13.5. The van der Waals surface area contributed by atoms with Gasteiger partial charge in [-0.1, -0.05) is 30.3 Å². The zero-order chi connectivity index (χ0) is 20.7. The summed E-state index contributed by atoms with van der Waals surface area (Å²) in [7, 11) is 0. The Morgan fingerprint density at radius 3 is 2.50 bits per heavy atom. The Bertz CT molecular complexity index is 1050. The first-order chi connectivity index (χ1) is 14.6. The van der Waals surface area contributed by atoms with Crippen LogP contribution in [0.5, 0.6) is 0 Å². The second-order valence-electron chi connectivity index (χ2n) is 8.24. The van der Waals surface area contributed by atoms with Gasteiger partial charge in [0.15, 0.2) is 0 Å². The second kappa shape index (κ2) is 7.82. The predicted molar refractivity (Wildman–Crippen MR) is 114 cm³/mol. The molecule has 3 aromatic carbocycles. The Balaban J connectivity index is 1.53. The summed E-state index contributed by atoms with van der Waals surface area (Å²) in [6, 6.07) is 19.6. The number of aliphatic hydroxyl groups is 1. The largest absolute Gasteiger partial charge is 0.394 e. The average molecular weight is 406 g/mol. The SMILES string of the molecule is OC[C@@H]1Nc2ccc(-c3cccc(F)c3)cc2[C@@H]2[C@H]1CCN2Cc1ccc(F)cc1. The number of benzene rings is 3. The van der Waals surface area contributed by atoms with Crippen LogP contribution in [-0.4, -0.2) is 29.2 Å². The molecule has 2 N–H and O–H groups in total. The molecule has 0 unspecified atom stereocenters. The summed E-state index contributed by atoms with van der Waals surface area (Å²) < 4.78 is 27.1. The fraction of sp³-hybridized carbons (Fsp3) is 0.280. The van der Waals surface area contributed by atoms with Crippen LogP contribution < -0.4 is 5.32 Å². The maximum Gasteiger partial charge on any atom is 0.123 e. The highest BCUT2D eigenvalue weighted by Crippen LogP contribution is 2.47. The van der Waals surface area contributed by atoms with Crippen LogP contribution in [0, 0.1) is 17.6 Å². The number of rotatable bonds is 4. The monoisotopic (exact) mass is 406 g/mol. The molecule has 0 saturated carbocycles. The number of halogens is 2. The molecule has 1 fully saturated rings.